The Kier molecular flexibility index (Phi) is 9.08. The third-order valence-electron chi connectivity index (χ3n) is 6.90. The molecule has 0 bridgehead atoms. The molecule has 0 radical (unpaired) electrons. The fraction of sp³-hybridized carbons (Fsp3) is 0.792. The van der Waals surface area contributed by atoms with E-state index < -0.39 is 47.9 Å². The number of amides is 4. The molecule has 1 N–H and O–H groups in total. The maximum absolute atomic E-state index is 13.4. The average Bonchev–Trinajstić information content (AvgIpc) is 3.24. The minimum Gasteiger partial charge on any atom is -0.460 e. The van der Waals surface area contributed by atoms with Crippen LogP contribution in [-0.4, -0.2) is 95.7 Å². The minimum absolute atomic E-state index is 0.213. The van der Waals surface area contributed by atoms with Crippen molar-refractivity contribution in [3.05, 3.63) is 0 Å². The van der Waals surface area contributed by atoms with Gasteiger partial charge in [-0.05, 0) is 31.6 Å². The Morgan fingerprint density at radius 2 is 1.56 bits per heavy atom. The lowest BCUT2D eigenvalue weighted by molar-refractivity contribution is -0.164. The van der Waals surface area contributed by atoms with E-state index in [1.165, 1.54) is 28.8 Å². The molecule has 0 aromatic carbocycles. The number of nitrogens with one attached hydrogen (secondary N) is 1. The van der Waals surface area contributed by atoms with Gasteiger partial charge in [-0.2, -0.15) is 0 Å². The van der Waals surface area contributed by atoms with E-state index in [1.807, 2.05) is 13.8 Å². The van der Waals surface area contributed by atoms with Crippen molar-refractivity contribution in [1.29, 1.82) is 0 Å². The Labute approximate surface area is 202 Å². The molecular formula is C24H40N4O6. The Morgan fingerprint density at radius 3 is 2.12 bits per heavy atom. The van der Waals surface area contributed by atoms with Crippen molar-refractivity contribution in [2.75, 3.05) is 27.2 Å². The number of carbonyl (C=O) groups is 5. The molecule has 10 nitrogen and oxygen atoms in total. The second-order valence-corrected chi connectivity index (χ2v) is 10.2. The van der Waals surface area contributed by atoms with E-state index in [1.54, 1.807) is 27.7 Å². The van der Waals surface area contributed by atoms with Crippen molar-refractivity contribution in [3.8, 4) is 0 Å². The van der Waals surface area contributed by atoms with Gasteiger partial charge in [-0.15, -0.1) is 0 Å². The third kappa shape index (κ3) is 5.88. The zero-order valence-corrected chi connectivity index (χ0v) is 21.7. The van der Waals surface area contributed by atoms with Crippen LogP contribution in [0.1, 0.15) is 54.4 Å². The lowest BCUT2D eigenvalue weighted by Crippen LogP contribution is -2.58. The van der Waals surface area contributed by atoms with Gasteiger partial charge in [0, 0.05) is 20.6 Å². The van der Waals surface area contributed by atoms with Crippen LogP contribution in [0.25, 0.3) is 0 Å². The van der Waals surface area contributed by atoms with Crippen LogP contribution in [0.2, 0.25) is 0 Å². The maximum Gasteiger partial charge on any atom is 0.329 e. The van der Waals surface area contributed by atoms with Gasteiger partial charge in [0.25, 0.3) is 0 Å². The summed E-state index contributed by atoms with van der Waals surface area (Å²) in [5, 5.41) is 2.82. The summed E-state index contributed by atoms with van der Waals surface area (Å²) >= 11 is 0. The maximum atomic E-state index is 13.4. The molecule has 0 aliphatic carbocycles. The molecule has 4 amide bonds. The Balaban J connectivity index is 2.46. The number of cyclic esters (lactones) is 1. The van der Waals surface area contributed by atoms with Crippen LogP contribution in [0.4, 0.5) is 0 Å². The van der Waals surface area contributed by atoms with E-state index >= 15 is 0 Å². The molecular weight excluding hydrogens is 440 g/mol. The monoisotopic (exact) mass is 480 g/mol. The minimum atomic E-state index is -0.866. The lowest BCUT2D eigenvalue weighted by atomic mass is 9.98. The smallest absolute Gasteiger partial charge is 0.329 e. The highest BCUT2D eigenvalue weighted by Gasteiger charge is 2.42. The van der Waals surface area contributed by atoms with E-state index in [-0.39, 0.29) is 30.2 Å². The first-order valence-electron chi connectivity index (χ1n) is 12.1. The van der Waals surface area contributed by atoms with E-state index in [2.05, 4.69) is 5.32 Å². The topological polar surface area (TPSA) is 116 Å². The predicted octanol–water partition coefficient (Wildman–Crippen LogP) is 0.641. The molecule has 0 aromatic heterocycles. The third-order valence-corrected chi connectivity index (χ3v) is 6.90. The highest BCUT2D eigenvalue weighted by atomic mass is 16.5. The summed E-state index contributed by atoms with van der Waals surface area (Å²) in [5.41, 5.74) is 0. The Hall–Kier alpha value is -2.65. The van der Waals surface area contributed by atoms with E-state index in [9.17, 15) is 24.0 Å². The van der Waals surface area contributed by atoms with Gasteiger partial charge in [0.05, 0.1) is 12.5 Å². The average molecular weight is 481 g/mol. The van der Waals surface area contributed by atoms with Gasteiger partial charge in [-0.1, -0.05) is 34.6 Å². The molecule has 0 saturated carbocycles. The summed E-state index contributed by atoms with van der Waals surface area (Å²) in [5.74, 6) is -3.27. The number of nitrogens with zero attached hydrogens (tertiary/aromatic N) is 3. The van der Waals surface area contributed by atoms with Crippen molar-refractivity contribution < 1.29 is 28.7 Å². The van der Waals surface area contributed by atoms with Crippen molar-refractivity contribution >= 4 is 29.6 Å². The lowest BCUT2D eigenvalue weighted by Gasteiger charge is -2.35. The summed E-state index contributed by atoms with van der Waals surface area (Å²) in [4.78, 5) is 69.8. The second kappa shape index (κ2) is 11.2. The molecule has 2 heterocycles. The summed E-state index contributed by atoms with van der Waals surface area (Å²) in [7, 11) is 3.03. The Morgan fingerprint density at radius 1 is 0.941 bits per heavy atom. The number of rotatable bonds is 2. The molecule has 2 rings (SSSR count). The van der Waals surface area contributed by atoms with Crippen LogP contribution in [0.5, 0.6) is 0 Å². The van der Waals surface area contributed by atoms with Gasteiger partial charge in [0.2, 0.25) is 23.6 Å². The second-order valence-electron chi connectivity index (χ2n) is 10.2. The number of hydrogen-bond acceptors (Lipinski definition) is 6. The molecule has 34 heavy (non-hydrogen) atoms. The SMILES string of the molecule is CC(C)C1NC(=O)C(C)[C@@H](C)OC(=O)C(C(C)C)N(C)C(=O)CN(C)C(=O)C2CCCN2C1=O. The summed E-state index contributed by atoms with van der Waals surface area (Å²) in [6, 6.07) is -2.38. The summed E-state index contributed by atoms with van der Waals surface area (Å²) in [6.45, 7) is 10.7. The van der Waals surface area contributed by atoms with Crippen molar-refractivity contribution in [2.24, 2.45) is 17.8 Å². The summed E-state index contributed by atoms with van der Waals surface area (Å²) in [6.07, 6.45) is 0.386. The molecule has 0 aromatic rings. The van der Waals surface area contributed by atoms with Crippen molar-refractivity contribution in [1.82, 2.24) is 20.0 Å². The van der Waals surface area contributed by atoms with Gasteiger partial charge < -0.3 is 24.8 Å². The molecule has 4 unspecified atom stereocenters. The number of esters is 1. The number of ether oxygens (including phenoxy) is 1. The van der Waals surface area contributed by atoms with Crippen LogP contribution in [-0.2, 0) is 28.7 Å². The van der Waals surface area contributed by atoms with Gasteiger partial charge in [0.1, 0.15) is 24.2 Å². The molecule has 2 saturated heterocycles. The first-order valence-corrected chi connectivity index (χ1v) is 12.1. The number of likely N-dealkylation sites (N-methyl/N-ethyl adjacent to an activating group) is 2. The Bertz CT molecular complexity index is 813. The highest BCUT2D eigenvalue weighted by molar-refractivity contribution is 5.95. The van der Waals surface area contributed by atoms with Crippen LogP contribution in [0.3, 0.4) is 0 Å². The first-order chi connectivity index (χ1) is 15.8. The van der Waals surface area contributed by atoms with Crippen molar-refractivity contribution in [2.45, 2.75) is 78.6 Å². The van der Waals surface area contributed by atoms with Crippen LogP contribution >= 0.6 is 0 Å². The zero-order chi connectivity index (χ0) is 25.9. The van der Waals surface area contributed by atoms with Gasteiger partial charge in [0.15, 0.2) is 0 Å². The highest BCUT2D eigenvalue weighted by Crippen LogP contribution is 2.23. The normalized spacial score (nSPS) is 30.7. The predicted molar refractivity (Wildman–Crippen MR) is 125 cm³/mol. The quantitative estimate of drug-likeness (QED) is 0.580. The number of hydrogen-bond donors (Lipinski definition) is 1. The molecule has 10 heteroatoms. The van der Waals surface area contributed by atoms with E-state index in [0.29, 0.717) is 19.4 Å². The molecule has 5 atom stereocenters. The van der Waals surface area contributed by atoms with Gasteiger partial charge in [-0.3, -0.25) is 19.2 Å². The summed E-state index contributed by atoms with van der Waals surface area (Å²) < 4.78 is 5.60. The van der Waals surface area contributed by atoms with E-state index in [0.717, 1.165) is 0 Å². The largest absolute Gasteiger partial charge is 0.460 e. The van der Waals surface area contributed by atoms with Crippen LogP contribution in [0, 0.1) is 17.8 Å². The van der Waals surface area contributed by atoms with Gasteiger partial charge >= 0.3 is 5.97 Å². The number of carbonyl (C=O) groups excluding carboxylic acids is 5. The van der Waals surface area contributed by atoms with Crippen molar-refractivity contribution in [3.63, 3.8) is 0 Å². The van der Waals surface area contributed by atoms with Gasteiger partial charge in [-0.25, -0.2) is 4.79 Å². The zero-order valence-electron chi connectivity index (χ0n) is 21.7. The van der Waals surface area contributed by atoms with Crippen LogP contribution in [0.15, 0.2) is 0 Å². The molecule has 2 fully saturated rings. The first kappa shape index (κ1) is 27.6. The standard InChI is InChI=1S/C24H40N4O6/c1-13(2)19-23(32)28-11-9-10-17(28)22(31)26(7)12-18(29)27(8)20(14(3)4)24(33)34-16(6)15(5)21(30)25-19/h13-17,19-20H,9-12H2,1-8H3,(H,25,30)/t15?,16-,17?,19?,20?/m1/s1. The van der Waals surface area contributed by atoms with E-state index in [4.69, 9.17) is 4.74 Å². The molecule has 2 aliphatic rings. The fourth-order valence-corrected chi connectivity index (χ4v) is 4.51. The fourth-order valence-electron chi connectivity index (χ4n) is 4.51. The number of fused-ring (bicyclic) bond motifs is 1. The van der Waals surface area contributed by atoms with Crippen LogP contribution < -0.4 is 5.32 Å². The molecule has 2 aliphatic heterocycles. The molecule has 192 valence electrons. The molecule has 0 spiro atoms.